The van der Waals surface area contributed by atoms with Crippen molar-refractivity contribution in [2.75, 3.05) is 32.7 Å². The van der Waals surface area contributed by atoms with Gasteiger partial charge in [0.25, 0.3) is 0 Å². The van der Waals surface area contributed by atoms with E-state index >= 15 is 0 Å². The molecule has 4 heteroatoms. The molecule has 1 atom stereocenters. The van der Waals surface area contributed by atoms with E-state index in [0.29, 0.717) is 0 Å². The van der Waals surface area contributed by atoms with E-state index in [0.717, 1.165) is 32.1 Å². The fourth-order valence-corrected chi connectivity index (χ4v) is 2.24. The topological polar surface area (TPSA) is 23.6 Å². The Bertz CT molecular complexity index is 233. The fraction of sp³-hybridized carbons (Fsp3) is 0.909. The van der Waals surface area contributed by atoms with Crippen LogP contribution < -0.4 is 0 Å². The van der Waals surface area contributed by atoms with Gasteiger partial charge in [-0.05, 0) is 25.7 Å². The van der Waals surface area contributed by atoms with Gasteiger partial charge in [-0.25, -0.2) is 0 Å². The maximum atomic E-state index is 11.7. The fourth-order valence-electron chi connectivity index (χ4n) is 2.08. The molecule has 0 aromatic rings. The van der Waals surface area contributed by atoms with Crippen LogP contribution in [-0.2, 0) is 4.79 Å². The predicted molar refractivity (Wildman–Crippen MR) is 64.2 cm³/mol. The number of amides is 1. The van der Waals surface area contributed by atoms with Crippen LogP contribution in [0.25, 0.3) is 0 Å². The van der Waals surface area contributed by atoms with Crippen LogP contribution in [0.15, 0.2) is 0 Å². The summed E-state index contributed by atoms with van der Waals surface area (Å²) in [6, 6.07) is 0. The third-order valence-electron chi connectivity index (χ3n) is 3.25. The number of thiol groups is 1. The molecule has 0 bridgehead atoms. The highest BCUT2D eigenvalue weighted by Gasteiger charge is 2.28. The molecule has 1 amide bonds. The van der Waals surface area contributed by atoms with E-state index in [1.807, 2.05) is 11.8 Å². The summed E-state index contributed by atoms with van der Waals surface area (Å²) in [5.74, 6) is 1.14. The average molecular weight is 228 g/mol. The lowest BCUT2D eigenvalue weighted by Gasteiger charge is -2.35. The molecule has 0 spiro atoms. The Morgan fingerprint density at radius 3 is 2.40 bits per heavy atom. The van der Waals surface area contributed by atoms with Crippen LogP contribution >= 0.6 is 12.6 Å². The van der Waals surface area contributed by atoms with E-state index in [9.17, 15) is 4.79 Å². The highest BCUT2D eigenvalue weighted by atomic mass is 32.1. The molecule has 0 aromatic heterocycles. The summed E-state index contributed by atoms with van der Waals surface area (Å²) < 4.78 is 0. The smallest absolute Gasteiger partial charge is 0.235 e. The van der Waals surface area contributed by atoms with Crippen molar-refractivity contribution in [1.82, 2.24) is 9.80 Å². The normalized spacial score (nSPS) is 25.3. The van der Waals surface area contributed by atoms with Crippen molar-refractivity contribution in [3.63, 3.8) is 0 Å². The molecule has 3 nitrogen and oxygen atoms in total. The Labute approximate surface area is 97.2 Å². The quantitative estimate of drug-likeness (QED) is 0.724. The molecule has 2 aliphatic rings. The van der Waals surface area contributed by atoms with Gasteiger partial charge in [0, 0.05) is 32.7 Å². The van der Waals surface area contributed by atoms with Gasteiger partial charge in [0.1, 0.15) is 0 Å². The number of rotatable bonds is 3. The van der Waals surface area contributed by atoms with Crippen molar-refractivity contribution in [1.29, 1.82) is 0 Å². The highest BCUT2D eigenvalue weighted by molar-refractivity contribution is 7.81. The molecule has 2 fully saturated rings. The van der Waals surface area contributed by atoms with Crippen LogP contribution in [0.3, 0.4) is 0 Å². The van der Waals surface area contributed by atoms with E-state index in [2.05, 4.69) is 17.5 Å². The third kappa shape index (κ3) is 3.11. The maximum Gasteiger partial charge on any atom is 0.235 e. The third-order valence-corrected chi connectivity index (χ3v) is 3.48. The zero-order chi connectivity index (χ0) is 10.8. The van der Waals surface area contributed by atoms with Gasteiger partial charge in [0.05, 0.1) is 5.25 Å². The molecule has 15 heavy (non-hydrogen) atoms. The number of carbonyl (C=O) groups excluding carboxylic acids is 1. The van der Waals surface area contributed by atoms with E-state index in [1.54, 1.807) is 0 Å². The minimum atomic E-state index is -0.153. The largest absolute Gasteiger partial charge is 0.339 e. The first-order valence-electron chi connectivity index (χ1n) is 5.86. The molecule has 1 unspecified atom stereocenters. The molecule has 1 heterocycles. The molecular weight excluding hydrogens is 208 g/mol. The SMILES string of the molecule is CC(S)C(=O)N1CCN(CC2CC2)CC1. The Balaban J connectivity index is 1.73. The Kier molecular flexibility index (Phi) is 3.57. The molecule has 1 saturated carbocycles. The first kappa shape index (κ1) is 11.3. The number of piperazine rings is 1. The summed E-state index contributed by atoms with van der Waals surface area (Å²) in [6.45, 7) is 6.96. The Morgan fingerprint density at radius 2 is 1.93 bits per heavy atom. The minimum absolute atomic E-state index is 0.153. The molecule has 1 aliphatic carbocycles. The second-order valence-corrected chi connectivity index (χ2v) is 5.52. The van der Waals surface area contributed by atoms with E-state index in [1.165, 1.54) is 19.4 Å². The van der Waals surface area contributed by atoms with Gasteiger partial charge in [0.15, 0.2) is 0 Å². The summed E-state index contributed by atoms with van der Waals surface area (Å²) >= 11 is 4.19. The lowest BCUT2D eigenvalue weighted by molar-refractivity contribution is -0.132. The second-order valence-electron chi connectivity index (χ2n) is 4.75. The zero-order valence-electron chi connectivity index (χ0n) is 9.35. The maximum absolute atomic E-state index is 11.7. The van der Waals surface area contributed by atoms with Crippen LogP contribution in [0, 0.1) is 5.92 Å². The van der Waals surface area contributed by atoms with Crippen LogP contribution in [0.5, 0.6) is 0 Å². The number of hydrogen-bond donors (Lipinski definition) is 1. The first-order chi connectivity index (χ1) is 7.16. The van der Waals surface area contributed by atoms with Crippen molar-refractivity contribution in [2.45, 2.75) is 25.0 Å². The van der Waals surface area contributed by atoms with Gasteiger partial charge in [0.2, 0.25) is 5.91 Å². The molecule has 0 radical (unpaired) electrons. The van der Waals surface area contributed by atoms with Gasteiger partial charge in [-0.1, -0.05) is 0 Å². The van der Waals surface area contributed by atoms with Crippen molar-refractivity contribution in [2.24, 2.45) is 5.92 Å². The summed E-state index contributed by atoms with van der Waals surface area (Å²) in [5, 5.41) is -0.153. The summed E-state index contributed by atoms with van der Waals surface area (Å²) in [4.78, 5) is 16.1. The van der Waals surface area contributed by atoms with Crippen molar-refractivity contribution in [3.05, 3.63) is 0 Å². The molecule has 0 aromatic carbocycles. The summed E-state index contributed by atoms with van der Waals surface area (Å²) in [7, 11) is 0. The first-order valence-corrected chi connectivity index (χ1v) is 6.37. The number of carbonyl (C=O) groups is 1. The lowest BCUT2D eigenvalue weighted by atomic mass is 10.2. The van der Waals surface area contributed by atoms with Gasteiger partial charge < -0.3 is 4.90 Å². The zero-order valence-corrected chi connectivity index (χ0v) is 10.2. The monoisotopic (exact) mass is 228 g/mol. The molecule has 1 aliphatic heterocycles. The molecule has 2 rings (SSSR count). The van der Waals surface area contributed by atoms with Crippen LogP contribution in [-0.4, -0.2) is 53.7 Å². The van der Waals surface area contributed by atoms with Crippen LogP contribution in [0.1, 0.15) is 19.8 Å². The molecular formula is C11H20N2OS. The van der Waals surface area contributed by atoms with Gasteiger partial charge in [-0.2, -0.15) is 12.6 Å². The van der Waals surface area contributed by atoms with Gasteiger partial charge in [-0.15, -0.1) is 0 Å². The highest BCUT2D eigenvalue weighted by Crippen LogP contribution is 2.29. The van der Waals surface area contributed by atoms with E-state index in [-0.39, 0.29) is 11.2 Å². The number of nitrogens with zero attached hydrogens (tertiary/aromatic N) is 2. The average Bonchev–Trinajstić information content (AvgIpc) is 3.02. The van der Waals surface area contributed by atoms with Crippen LogP contribution in [0.4, 0.5) is 0 Å². The summed E-state index contributed by atoms with van der Waals surface area (Å²) in [5.41, 5.74) is 0. The Hall–Kier alpha value is -0.220. The molecule has 0 N–H and O–H groups in total. The molecule has 86 valence electrons. The van der Waals surface area contributed by atoms with Gasteiger partial charge in [-0.3, -0.25) is 9.69 Å². The van der Waals surface area contributed by atoms with Gasteiger partial charge >= 0.3 is 0 Å². The van der Waals surface area contributed by atoms with Crippen molar-refractivity contribution >= 4 is 18.5 Å². The van der Waals surface area contributed by atoms with Crippen molar-refractivity contribution in [3.8, 4) is 0 Å². The van der Waals surface area contributed by atoms with Crippen LogP contribution in [0.2, 0.25) is 0 Å². The Morgan fingerprint density at radius 1 is 1.33 bits per heavy atom. The molecule has 1 saturated heterocycles. The second kappa shape index (κ2) is 4.74. The predicted octanol–water partition coefficient (Wildman–Crippen LogP) is 0.859. The van der Waals surface area contributed by atoms with E-state index in [4.69, 9.17) is 0 Å². The number of hydrogen-bond acceptors (Lipinski definition) is 3. The van der Waals surface area contributed by atoms with E-state index < -0.39 is 0 Å². The minimum Gasteiger partial charge on any atom is -0.339 e. The lowest BCUT2D eigenvalue weighted by Crippen LogP contribution is -2.50. The summed E-state index contributed by atoms with van der Waals surface area (Å²) in [6.07, 6.45) is 2.82. The standard InChI is InChI=1S/C11H20N2OS/c1-9(15)11(14)13-6-4-12(5-7-13)8-10-2-3-10/h9-10,15H,2-8H2,1H3. The van der Waals surface area contributed by atoms with Crippen molar-refractivity contribution < 1.29 is 4.79 Å².